The molecular formula is C18H15ClF3IN2O2S. The van der Waals surface area contributed by atoms with Gasteiger partial charge >= 0.3 is 6.18 Å². The fourth-order valence-electron chi connectivity index (χ4n) is 2.77. The summed E-state index contributed by atoms with van der Waals surface area (Å²) in [5, 5.41) is -0.413. The number of rotatable bonds is 3. The number of halogens is 5. The maximum absolute atomic E-state index is 13.1. The standard InChI is InChI=1S/C18H15ClF3IN2O2S/c1-11-2-9-17(12-3-8-16(19)15(10-12)18(20,21)22)24-25(11)28(26,27)14-6-4-13(23)5-7-14/h3-11,24H,2H2,1H3/t11-/m1/s1. The van der Waals surface area contributed by atoms with Gasteiger partial charge in [0.05, 0.1) is 21.2 Å². The molecule has 0 radical (unpaired) electrons. The van der Waals surface area contributed by atoms with Gasteiger partial charge in [0.2, 0.25) is 0 Å². The smallest absolute Gasteiger partial charge is 0.305 e. The van der Waals surface area contributed by atoms with E-state index in [4.69, 9.17) is 11.6 Å². The summed E-state index contributed by atoms with van der Waals surface area (Å²) in [4.78, 5) is 0.0978. The van der Waals surface area contributed by atoms with Crippen molar-refractivity contribution < 1.29 is 21.6 Å². The average molecular weight is 543 g/mol. The summed E-state index contributed by atoms with van der Waals surface area (Å²) < 4.78 is 67.4. The molecule has 4 nitrogen and oxygen atoms in total. The lowest BCUT2D eigenvalue weighted by Gasteiger charge is -2.34. The summed E-state index contributed by atoms with van der Waals surface area (Å²) in [6.07, 6.45) is -2.59. The van der Waals surface area contributed by atoms with Gasteiger partial charge in [0.15, 0.2) is 0 Å². The number of nitrogens with one attached hydrogen (secondary N) is 1. The van der Waals surface area contributed by atoms with Crippen molar-refractivity contribution in [3.8, 4) is 0 Å². The topological polar surface area (TPSA) is 49.4 Å². The predicted octanol–water partition coefficient (Wildman–Crippen LogP) is 5.29. The Morgan fingerprint density at radius 2 is 1.82 bits per heavy atom. The van der Waals surface area contributed by atoms with Gasteiger partial charge in [-0.1, -0.05) is 23.7 Å². The van der Waals surface area contributed by atoms with Gasteiger partial charge in [-0.3, -0.25) is 0 Å². The van der Waals surface area contributed by atoms with E-state index in [9.17, 15) is 21.6 Å². The van der Waals surface area contributed by atoms with Crippen LogP contribution in [0.1, 0.15) is 24.5 Å². The first-order valence-corrected chi connectivity index (χ1v) is 11.0. The van der Waals surface area contributed by atoms with Gasteiger partial charge in [-0.05, 0) is 77.9 Å². The summed E-state index contributed by atoms with van der Waals surface area (Å²) in [5.74, 6) is 0. The lowest BCUT2D eigenvalue weighted by Crippen LogP contribution is -2.49. The molecule has 2 aromatic carbocycles. The number of hydrogen-bond acceptors (Lipinski definition) is 3. The van der Waals surface area contributed by atoms with E-state index < -0.39 is 32.8 Å². The van der Waals surface area contributed by atoms with Crippen molar-refractivity contribution in [3.63, 3.8) is 0 Å². The van der Waals surface area contributed by atoms with Crippen molar-refractivity contribution in [1.82, 2.24) is 9.84 Å². The fraction of sp³-hybridized carbons (Fsp3) is 0.222. The Bertz CT molecular complexity index is 1020. The van der Waals surface area contributed by atoms with Gasteiger partial charge in [-0.2, -0.15) is 13.2 Å². The minimum Gasteiger partial charge on any atom is -0.305 e. The van der Waals surface area contributed by atoms with Crippen LogP contribution >= 0.6 is 34.2 Å². The molecule has 10 heteroatoms. The van der Waals surface area contributed by atoms with Gasteiger partial charge in [0.25, 0.3) is 10.0 Å². The highest BCUT2D eigenvalue weighted by Crippen LogP contribution is 2.36. The molecule has 150 valence electrons. The molecule has 28 heavy (non-hydrogen) atoms. The first kappa shape index (κ1) is 21.4. The van der Waals surface area contributed by atoms with Crippen LogP contribution in [-0.4, -0.2) is 18.9 Å². The molecule has 0 saturated carbocycles. The zero-order valence-corrected chi connectivity index (χ0v) is 18.2. The van der Waals surface area contributed by atoms with Crippen molar-refractivity contribution in [3.05, 3.63) is 68.3 Å². The normalized spacial score (nSPS) is 18.5. The maximum atomic E-state index is 13.1. The van der Waals surface area contributed by atoms with Crippen LogP contribution in [0, 0.1) is 3.57 Å². The molecule has 0 aliphatic carbocycles. The minimum atomic E-state index is -4.61. The van der Waals surface area contributed by atoms with Crippen molar-refractivity contribution in [2.75, 3.05) is 0 Å². The van der Waals surface area contributed by atoms with Crippen LogP contribution in [0.15, 0.2) is 53.4 Å². The summed E-state index contributed by atoms with van der Waals surface area (Å²) in [7, 11) is -3.89. The fourth-order valence-corrected chi connectivity index (χ4v) is 4.84. The molecule has 0 unspecified atom stereocenters. The molecule has 1 heterocycles. The average Bonchev–Trinajstić information content (AvgIpc) is 2.62. The monoisotopic (exact) mass is 542 g/mol. The highest BCUT2D eigenvalue weighted by atomic mass is 127. The predicted molar refractivity (Wildman–Crippen MR) is 110 cm³/mol. The second-order valence-corrected chi connectivity index (χ2v) is 9.73. The highest BCUT2D eigenvalue weighted by Gasteiger charge is 2.35. The molecule has 1 aliphatic rings. The van der Waals surface area contributed by atoms with Gasteiger partial charge in [0.1, 0.15) is 0 Å². The van der Waals surface area contributed by atoms with Crippen molar-refractivity contribution in [2.45, 2.75) is 30.5 Å². The van der Waals surface area contributed by atoms with Crippen LogP contribution < -0.4 is 5.43 Å². The quantitative estimate of drug-likeness (QED) is 0.536. The SMILES string of the molecule is C[C@@H]1CC=C(c2ccc(Cl)c(C(F)(F)F)c2)NN1S(=O)(=O)c1ccc(I)cc1. The molecule has 0 saturated heterocycles. The van der Waals surface area contributed by atoms with Crippen LogP contribution in [0.25, 0.3) is 5.70 Å². The number of alkyl halides is 3. The number of benzene rings is 2. The zero-order valence-electron chi connectivity index (χ0n) is 14.5. The molecular weight excluding hydrogens is 528 g/mol. The molecule has 0 fully saturated rings. The third-order valence-electron chi connectivity index (χ3n) is 4.25. The molecule has 0 bridgehead atoms. The van der Waals surface area contributed by atoms with E-state index in [0.717, 1.165) is 20.1 Å². The first-order valence-electron chi connectivity index (χ1n) is 8.14. The molecule has 0 amide bonds. The van der Waals surface area contributed by atoms with E-state index in [2.05, 4.69) is 28.0 Å². The van der Waals surface area contributed by atoms with E-state index >= 15 is 0 Å². The van der Waals surface area contributed by atoms with E-state index in [1.54, 1.807) is 25.1 Å². The Labute approximate surface area is 179 Å². The largest absolute Gasteiger partial charge is 0.417 e. The Morgan fingerprint density at radius 1 is 1.18 bits per heavy atom. The van der Waals surface area contributed by atoms with Gasteiger partial charge in [0, 0.05) is 9.61 Å². The summed E-state index contributed by atoms with van der Waals surface area (Å²) >= 11 is 7.74. The summed E-state index contributed by atoms with van der Waals surface area (Å²) in [5.41, 5.74) is 2.27. The number of nitrogens with zero attached hydrogens (tertiary/aromatic N) is 1. The molecule has 0 spiro atoms. The first-order chi connectivity index (χ1) is 13.0. The molecule has 0 aromatic heterocycles. The Kier molecular flexibility index (Phi) is 6.00. The maximum Gasteiger partial charge on any atom is 0.417 e. The molecule has 3 rings (SSSR count). The zero-order chi connectivity index (χ0) is 20.7. The highest BCUT2D eigenvalue weighted by molar-refractivity contribution is 14.1. The second-order valence-electron chi connectivity index (χ2n) is 6.26. The molecule has 1 atom stereocenters. The van der Waals surface area contributed by atoms with Crippen molar-refractivity contribution in [1.29, 1.82) is 0 Å². The van der Waals surface area contributed by atoms with E-state index in [-0.39, 0.29) is 16.2 Å². The molecule has 1 N–H and O–H groups in total. The lowest BCUT2D eigenvalue weighted by molar-refractivity contribution is -0.137. The molecule has 1 aliphatic heterocycles. The number of sulfonamides is 1. The van der Waals surface area contributed by atoms with Gasteiger partial charge in [-0.15, -0.1) is 4.41 Å². The third kappa shape index (κ3) is 4.32. The van der Waals surface area contributed by atoms with E-state index in [1.165, 1.54) is 18.2 Å². The summed E-state index contributed by atoms with van der Waals surface area (Å²) in [6, 6.07) is 9.40. The van der Waals surface area contributed by atoms with Gasteiger partial charge in [-0.25, -0.2) is 8.42 Å². The third-order valence-corrected chi connectivity index (χ3v) is 7.13. The van der Waals surface area contributed by atoms with Crippen LogP contribution in [0.3, 0.4) is 0 Å². The van der Waals surface area contributed by atoms with Crippen LogP contribution in [-0.2, 0) is 16.2 Å². The van der Waals surface area contributed by atoms with Crippen LogP contribution in [0.4, 0.5) is 13.2 Å². The Hall–Kier alpha value is -1.30. The van der Waals surface area contributed by atoms with E-state index in [1.807, 2.05) is 0 Å². The van der Waals surface area contributed by atoms with Crippen molar-refractivity contribution >= 4 is 49.9 Å². The summed E-state index contributed by atoms with van der Waals surface area (Å²) in [6.45, 7) is 1.72. The van der Waals surface area contributed by atoms with E-state index in [0.29, 0.717) is 6.42 Å². The Morgan fingerprint density at radius 3 is 2.43 bits per heavy atom. The van der Waals surface area contributed by atoms with Crippen molar-refractivity contribution in [2.24, 2.45) is 0 Å². The minimum absolute atomic E-state index is 0.0978. The second kappa shape index (κ2) is 7.85. The molecule has 2 aromatic rings. The number of hydrazine groups is 1. The van der Waals surface area contributed by atoms with Gasteiger partial charge < -0.3 is 5.43 Å². The Balaban J connectivity index is 1.96. The number of hydrogen-bond donors (Lipinski definition) is 1. The lowest BCUT2D eigenvalue weighted by atomic mass is 10.0. The van der Waals surface area contributed by atoms with Crippen LogP contribution in [0.2, 0.25) is 5.02 Å². The van der Waals surface area contributed by atoms with Crippen LogP contribution in [0.5, 0.6) is 0 Å².